The van der Waals surface area contributed by atoms with Crippen molar-refractivity contribution in [2.75, 3.05) is 0 Å². The highest BCUT2D eigenvalue weighted by atomic mass is 16.3. The van der Waals surface area contributed by atoms with Crippen LogP contribution in [0, 0.1) is 40.4 Å². The van der Waals surface area contributed by atoms with Gasteiger partial charge in [0.2, 0.25) is 0 Å². The van der Waals surface area contributed by atoms with E-state index in [1.54, 1.807) is 11.1 Å². The Bertz CT molecular complexity index is 643. The SMILES string of the molecule is CC(C)CCC[C@@H](C)[C@H]1CC=C2C3=CC[C@H]4C[C@@H](O)CC[C@]4(C)[C@H]3CC[C@@]21C. The van der Waals surface area contributed by atoms with Gasteiger partial charge < -0.3 is 5.11 Å². The Morgan fingerprint density at radius 1 is 1.04 bits per heavy atom. The second-order valence-electron chi connectivity index (χ2n) is 11.8. The van der Waals surface area contributed by atoms with Crippen molar-refractivity contribution in [2.45, 2.75) is 105 Å². The van der Waals surface area contributed by atoms with Crippen LogP contribution in [0.15, 0.2) is 23.3 Å². The lowest BCUT2D eigenvalue weighted by Crippen LogP contribution is -2.48. The summed E-state index contributed by atoms with van der Waals surface area (Å²) in [6.45, 7) is 12.4. The third kappa shape index (κ3) is 3.34. The number of hydrogen-bond donors (Lipinski definition) is 1. The van der Waals surface area contributed by atoms with Gasteiger partial charge in [0, 0.05) is 0 Å². The van der Waals surface area contributed by atoms with Crippen molar-refractivity contribution < 1.29 is 5.11 Å². The summed E-state index contributed by atoms with van der Waals surface area (Å²) in [7, 11) is 0. The molecule has 0 bridgehead atoms. The van der Waals surface area contributed by atoms with Gasteiger partial charge in [0.1, 0.15) is 0 Å². The van der Waals surface area contributed by atoms with Crippen LogP contribution in [0.5, 0.6) is 0 Å². The minimum absolute atomic E-state index is 0.0522. The van der Waals surface area contributed by atoms with Crippen molar-refractivity contribution in [2.24, 2.45) is 40.4 Å². The van der Waals surface area contributed by atoms with E-state index < -0.39 is 0 Å². The molecule has 0 aromatic rings. The van der Waals surface area contributed by atoms with E-state index in [2.05, 4.69) is 46.8 Å². The Hall–Kier alpha value is -0.560. The first-order valence-corrected chi connectivity index (χ1v) is 12.3. The van der Waals surface area contributed by atoms with Crippen molar-refractivity contribution in [3.05, 3.63) is 23.3 Å². The summed E-state index contributed by atoms with van der Waals surface area (Å²) >= 11 is 0. The van der Waals surface area contributed by atoms with E-state index in [9.17, 15) is 5.11 Å². The molecule has 4 rings (SSSR count). The lowest BCUT2D eigenvalue weighted by molar-refractivity contribution is -0.0262. The third-order valence-electron chi connectivity index (χ3n) is 9.70. The molecule has 4 aliphatic rings. The molecule has 0 radical (unpaired) electrons. The summed E-state index contributed by atoms with van der Waals surface area (Å²) in [6.07, 6.45) is 17.9. The monoisotopic (exact) mass is 384 g/mol. The van der Waals surface area contributed by atoms with Crippen LogP contribution in [0.1, 0.15) is 98.8 Å². The highest BCUT2D eigenvalue weighted by Crippen LogP contribution is 2.65. The molecular formula is C27H44O. The largest absolute Gasteiger partial charge is 0.393 e. The standard InChI is InChI=1S/C27H44O/c1-18(2)7-6-8-19(3)23-11-12-24-22-10-9-20-17-21(28)13-15-26(20,4)25(22)14-16-27(23,24)5/h10,12,18-21,23,25,28H,6-9,11,13-17H2,1-5H3/t19-,20+,21+,23-,25+,26+,27-/m1/s1. The molecule has 1 nitrogen and oxygen atoms in total. The molecule has 0 aromatic heterocycles. The molecule has 28 heavy (non-hydrogen) atoms. The maximum atomic E-state index is 10.2. The van der Waals surface area contributed by atoms with Gasteiger partial charge in [-0.1, -0.05) is 66.0 Å². The van der Waals surface area contributed by atoms with Crippen molar-refractivity contribution >= 4 is 0 Å². The minimum atomic E-state index is -0.0522. The van der Waals surface area contributed by atoms with Crippen LogP contribution < -0.4 is 0 Å². The molecule has 0 unspecified atom stereocenters. The van der Waals surface area contributed by atoms with Crippen LogP contribution in [-0.2, 0) is 0 Å². The summed E-state index contributed by atoms with van der Waals surface area (Å²) in [5.41, 5.74) is 4.32. The van der Waals surface area contributed by atoms with Crippen molar-refractivity contribution in [3.8, 4) is 0 Å². The summed E-state index contributed by atoms with van der Waals surface area (Å²) in [5.74, 6) is 3.96. The topological polar surface area (TPSA) is 20.2 Å². The predicted octanol–water partition coefficient (Wildman–Crippen LogP) is 7.31. The van der Waals surface area contributed by atoms with Gasteiger partial charge in [-0.25, -0.2) is 0 Å². The van der Waals surface area contributed by atoms with Crippen molar-refractivity contribution in [1.29, 1.82) is 0 Å². The van der Waals surface area contributed by atoms with Crippen LogP contribution in [0.2, 0.25) is 0 Å². The van der Waals surface area contributed by atoms with Crippen LogP contribution in [-0.4, -0.2) is 11.2 Å². The summed E-state index contributed by atoms with van der Waals surface area (Å²) < 4.78 is 0. The number of fused-ring (bicyclic) bond motifs is 5. The number of rotatable bonds is 5. The van der Waals surface area contributed by atoms with E-state index in [4.69, 9.17) is 0 Å². The fourth-order valence-corrected chi connectivity index (χ4v) is 7.83. The van der Waals surface area contributed by atoms with E-state index in [0.717, 1.165) is 36.5 Å². The molecule has 0 heterocycles. The average molecular weight is 385 g/mol. The summed E-state index contributed by atoms with van der Waals surface area (Å²) in [6, 6.07) is 0. The first kappa shape index (κ1) is 20.7. The number of hydrogen-bond acceptors (Lipinski definition) is 1. The van der Waals surface area contributed by atoms with Gasteiger partial charge in [0.15, 0.2) is 0 Å². The Labute approximate surface area is 174 Å². The molecule has 0 aliphatic heterocycles. The van der Waals surface area contributed by atoms with Gasteiger partial charge in [-0.3, -0.25) is 0 Å². The van der Waals surface area contributed by atoms with Crippen LogP contribution in [0.4, 0.5) is 0 Å². The number of allylic oxidation sites excluding steroid dienone is 4. The molecule has 2 saturated carbocycles. The Balaban J connectivity index is 1.51. The zero-order valence-corrected chi connectivity index (χ0v) is 19.1. The molecule has 2 fully saturated rings. The van der Waals surface area contributed by atoms with Gasteiger partial charge in [-0.15, -0.1) is 0 Å². The van der Waals surface area contributed by atoms with Gasteiger partial charge in [-0.2, -0.15) is 0 Å². The van der Waals surface area contributed by atoms with Gasteiger partial charge in [-0.05, 0) is 96.5 Å². The highest BCUT2D eigenvalue weighted by Gasteiger charge is 2.55. The van der Waals surface area contributed by atoms with E-state index in [-0.39, 0.29) is 6.10 Å². The average Bonchev–Trinajstić information content (AvgIpc) is 2.99. The molecular weight excluding hydrogens is 340 g/mol. The first-order valence-electron chi connectivity index (χ1n) is 12.3. The highest BCUT2D eigenvalue weighted by molar-refractivity contribution is 5.46. The lowest BCUT2D eigenvalue weighted by atomic mass is 9.48. The molecule has 0 amide bonds. The third-order valence-corrected chi connectivity index (χ3v) is 9.70. The van der Waals surface area contributed by atoms with E-state index in [1.807, 2.05) is 0 Å². The fourth-order valence-electron chi connectivity index (χ4n) is 7.83. The Morgan fingerprint density at radius 3 is 2.57 bits per heavy atom. The molecule has 7 atom stereocenters. The molecule has 4 aliphatic carbocycles. The second kappa shape index (κ2) is 7.60. The van der Waals surface area contributed by atoms with Gasteiger partial charge in [0.05, 0.1) is 6.10 Å². The molecule has 0 aromatic carbocycles. The first-order chi connectivity index (χ1) is 13.3. The second-order valence-corrected chi connectivity index (χ2v) is 11.8. The zero-order valence-electron chi connectivity index (χ0n) is 19.1. The van der Waals surface area contributed by atoms with E-state index >= 15 is 0 Å². The molecule has 1 N–H and O–H groups in total. The smallest absolute Gasteiger partial charge is 0.0543 e. The molecule has 1 heteroatoms. The van der Waals surface area contributed by atoms with E-state index in [1.165, 1.54) is 51.4 Å². The van der Waals surface area contributed by atoms with Gasteiger partial charge in [0.25, 0.3) is 0 Å². The van der Waals surface area contributed by atoms with Gasteiger partial charge >= 0.3 is 0 Å². The zero-order chi connectivity index (χ0) is 20.1. The molecule has 158 valence electrons. The normalized spacial score (nSPS) is 43.7. The van der Waals surface area contributed by atoms with Crippen molar-refractivity contribution in [3.63, 3.8) is 0 Å². The summed E-state index contributed by atoms with van der Waals surface area (Å²) in [4.78, 5) is 0. The fraction of sp³-hybridized carbons (Fsp3) is 0.852. The van der Waals surface area contributed by atoms with Crippen molar-refractivity contribution in [1.82, 2.24) is 0 Å². The van der Waals surface area contributed by atoms with Crippen LogP contribution in [0.25, 0.3) is 0 Å². The molecule has 0 spiro atoms. The van der Waals surface area contributed by atoms with Crippen LogP contribution >= 0.6 is 0 Å². The minimum Gasteiger partial charge on any atom is -0.393 e. The predicted molar refractivity (Wildman–Crippen MR) is 119 cm³/mol. The maximum Gasteiger partial charge on any atom is 0.0543 e. The Morgan fingerprint density at radius 2 is 1.82 bits per heavy atom. The summed E-state index contributed by atoms with van der Waals surface area (Å²) in [5, 5.41) is 10.2. The number of aliphatic hydroxyl groups is 1. The maximum absolute atomic E-state index is 10.2. The Kier molecular flexibility index (Phi) is 5.62. The lowest BCUT2D eigenvalue weighted by Gasteiger charge is -2.56. The van der Waals surface area contributed by atoms with E-state index in [0.29, 0.717) is 16.7 Å². The van der Waals surface area contributed by atoms with Crippen LogP contribution in [0.3, 0.4) is 0 Å². The number of aliphatic hydroxyl groups excluding tert-OH is 1. The quantitative estimate of drug-likeness (QED) is 0.527. The molecule has 0 saturated heterocycles.